The van der Waals surface area contributed by atoms with E-state index in [2.05, 4.69) is 56.1 Å². The van der Waals surface area contributed by atoms with Crippen LogP contribution in [-0.4, -0.2) is 80.8 Å². The maximum absolute atomic E-state index is 12.2. The molecule has 0 amide bonds. The van der Waals surface area contributed by atoms with Crippen molar-refractivity contribution in [3.8, 4) is 0 Å². The molecule has 346 valence electrons. The Bertz CT molecular complexity index is 1190. The Labute approximate surface area is 373 Å². The Morgan fingerprint density at radius 1 is 0.383 bits per heavy atom. The van der Waals surface area contributed by atoms with Gasteiger partial charge in [0.05, 0.1) is 67.3 Å². The van der Waals surface area contributed by atoms with Crippen molar-refractivity contribution in [3.63, 3.8) is 0 Å². The molecular formula is C52H92N2O5S. The van der Waals surface area contributed by atoms with Crippen molar-refractivity contribution < 1.29 is 33.3 Å². The van der Waals surface area contributed by atoms with Gasteiger partial charge in [-0.15, -0.1) is 0 Å². The lowest BCUT2D eigenvalue weighted by Gasteiger charge is -2.23. The maximum Gasteiger partial charge on any atom is 0.158 e. The molecule has 0 N–H and O–H groups in total. The highest BCUT2D eigenvalue weighted by Gasteiger charge is 2.15. The van der Waals surface area contributed by atoms with Gasteiger partial charge in [0.1, 0.15) is 0 Å². The molecule has 2 rings (SSSR count). The van der Waals surface area contributed by atoms with Crippen molar-refractivity contribution in [2.75, 3.05) is 55.4 Å². The molecule has 0 spiro atoms. The van der Waals surface area contributed by atoms with Gasteiger partial charge in [-0.25, -0.2) is 0 Å². The minimum Gasteiger partial charge on any atom is -0.606 e. The van der Waals surface area contributed by atoms with E-state index in [1.54, 1.807) is 0 Å². The summed E-state index contributed by atoms with van der Waals surface area (Å²) in [5.41, 5.74) is -0.00361. The van der Waals surface area contributed by atoms with Gasteiger partial charge in [-0.3, -0.25) is 0 Å². The van der Waals surface area contributed by atoms with E-state index in [0.717, 1.165) is 8.97 Å². The molecular weight excluding hydrogens is 765 g/mol. The first-order valence-corrected chi connectivity index (χ1v) is 25.4. The average Bonchev–Trinajstić information content (AvgIpc) is 3.20. The summed E-state index contributed by atoms with van der Waals surface area (Å²) in [5, 5.41) is 21.2. The monoisotopic (exact) mass is 857 g/mol. The Balaban J connectivity index is 0.000000870. The van der Waals surface area contributed by atoms with Gasteiger partial charge in [0, 0.05) is 11.2 Å². The molecule has 0 aliphatic rings. The number of aromatic carboxylic acids is 2. The highest BCUT2D eigenvalue weighted by molar-refractivity contribution is 7.91. The first kappa shape index (κ1) is 57.6. The number of carbonyl (C=O) groups is 2. The number of nitrogens with zero attached hydrogens (tertiary/aromatic N) is 2. The molecule has 7 nitrogen and oxygen atoms in total. The summed E-state index contributed by atoms with van der Waals surface area (Å²) >= 11 is -1.52. The lowest BCUT2D eigenvalue weighted by Crippen LogP contribution is -2.35. The van der Waals surface area contributed by atoms with Crippen molar-refractivity contribution in [1.29, 1.82) is 0 Å². The second-order valence-corrected chi connectivity index (χ2v) is 20.6. The van der Waals surface area contributed by atoms with Crippen LogP contribution < -0.4 is 10.2 Å². The molecule has 0 heterocycles. The van der Waals surface area contributed by atoms with Crippen LogP contribution >= 0.6 is 0 Å². The molecule has 0 unspecified atom stereocenters. The minimum atomic E-state index is -1.52. The number of hydrogen-bond acceptors (Lipinski definition) is 5. The van der Waals surface area contributed by atoms with Gasteiger partial charge < -0.3 is 33.3 Å². The molecule has 0 aliphatic heterocycles. The van der Waals surface area contributed by atoms with Crippen molar-refractivity contribution in [2.24, 2.45) is 0 Å². The third kappa shape index (κ3) is 36.3. The van der Waals surface area contributed by atoms with Crippen LogP contribution in [0, 0.1) is 0 Å². The van der Waals surface area contributed by atoms with Crippen molar-refractivity contribution in [1.82, 2.24) is 0 Å². The fourth-order valence-electron chi connectivity index (χ4n) is 7.13. The van der Waals surface area contributed by atoms with Gasteiger partial charge in [0.25, 0.3) is 0 Å². The zero-order valence-corrected chi connectivity index (χ0v) is 41.0. The highest BCUT2D eigenvalue weighted by atomic mass is 32.2. The molecule has 0 radical (unpaired) electrons. The summed E-state index contributed by atoms with van der Waals surface area (Å²) in [6, 6.07) is 10.9. The van der Waals surface area contributed by atoms with Crippen LogP contribution in [0.5, 0.6) is 0 Å². The van der Waals surface area contributed by atoms with Gasteiger partial charge in [-0.05, 0) is 85.3 Å². The number of quaternary nitrogens is 2. The summed E-state index contributed by atoms with van der Waals surface area (Å²) in [6.45, 7) is 7.25. The number of benzene rings is 2. The quantitative estimate of drug-likeness (QED) is 0.0396. The number of unbranched alkanes of at least 4 members (excludes halogenated alkanes) is 26. The van der Waals surface area contributed by atoms with Crippen molar-refractivity contribution >= 4 is 23.1 Å². The van der Waals surface area contributed by atoms with E-state index in [1.165, 1.54) is 241 Å². The topological polar surface area (TPSA) is 103 Å². The number of carboxylic acid groups (broad SMARTS) is 2. The average molecular weight is 857 g/mol. The minimum absolute atomic E-state index is 0.00181. The third-order valence-electron chi connectivity index (χ3n) is 11.0. The summed E-state index contributed by atoms with van der Waals surface area (Å²) in [4.78, 5) is 22.0. The Kier molecular flexibility index (Phi) is 35.7. The van der Waals surface area contributed by atoms with E-state index in [-0.39, 0.29) is 11.1 Å². The van der Waals surface area contributed by atoms with Gasteiger partial charge in [0.15, 0.2) is 9.79 Å². The van der Waals surface area contributed by atoms with Crippen molar-refractivity contribution in [3.05, 3.63) is 59.7 Å². The second-order valence-electron chi connectivity index (χ2n) is 19.1. The van der Waals surface area contributed by atoms with E-state index in [1.807, 2.05) is 0 Å². The zero-order valence-electron chi connectivity index (χ0n) is 40.2. The van der Waals surface area contributed by atoms with Crippen LogP contribution in [0.4, 0.5) is 0 Å². The first-order valence-electron chi connectivity index (χ1n) is 24.3. The molecule has 0 bridgehead atoms. The molecule has 0 saturated heterocycles. The van der Waals surface area contributed by atoms with Gasteiger partial charge in [0.2, 0.25) is 0 Å². The van der Waals surface area contributed by atoms with Crippen LogP contribution in [0.3, 0.4) is 0 Å². The lowest BCUT2D eigenvalue weighted by atomic mass is 10.0. The molecule has 0 fully saturated rings. The number of carbonyl (C=O) groups excluding carboxylic acids is 2. The molecule has 2 aromatic rings. The summed E-state index contributed by atoms with van der Waals surface area (Å²) in [6.07, 6.45) is 40.7. The molecule has 0 aliphatic carbocycles. The fraction of sp³-hybridized carbons (Fsp3) is 0.731. The zero-order chi connectivity index (χ0) is 44.9. The standard InChI is InChI=1S/2C19H42N.C14H10O5S/c2*1-5-6-7-8-9-10-11-12-13-14-15-16-17-18-19-20(2,3)4;15-13(16)9-1-5-11(6-2-9)20(19)12-7-3-10(4-8-12)14(17)18/h2*5-19H2,1-4H3;1-8H,(H,15,16)(H,17,18)/q2*+1;/p-2. The molecule has 60 heavy (non-hydrogen) atoms. The van der Waals surface area contributed by atoms with E-state index in [4.69, 9.17) is 0 Å². The van der Waals surface area contributed by atoms with Crippen LogP contribution in [0.1, 0.15) is 214 Å². The highest BCUT2D eigenvalue weighted by Crippen LogP contribution is 2.22. The van der Waals surface area contributed by atoms with E-state index < -0.39 is 23.1 Å². The second kappa shape index (κ2) is 37.2. The maximum atomic E-state index is 12.2. The Morgan fingerprint density at radius 3 is 0.767 bits per heavy atom. The van der Waals surface area contributed by atoms with Gasteiger partial charge in [-0.1, -0.05) is 168 Å². The fourth-order valence-corrected chi connectivity index (χ4v) is 8.17. The summed E-state index contributed by atoms with van der Waals surface area (Å²) in [5.74, 6) is -2.61. The van der Waals surface area contributed by atoms with Crippen LogP contribution in [0.15, 0.2) is 58.3 Å². The SMILES string of the molecule is CCCCCCCCCCCCCCCC[N+](C)(C)C.CCCCCCCCCCCCCCCC[N+](C)(C)C.O=C([O-])c1ccc([S+]([O-])c2ccc(C(=O)[O-])cc2)cc1. The predicted molar refractivity (Wildman–Crippen MR) is 253 cm³/mol. The molecule has 8 heteroatoms. The lowest BCUT2D eigenvalue weighted by molar-refractivity contribution is -0.870. The third-order valence-corrected chi connectivity index (χ3v) is 12.4. The predicted octanol–water partition coefficient (Wildman–Crippen LogP) is 11.9. The van der Waals surface area contributed by atoms with E-state index in [0.29, 0.717) is 9.79 Å². The van der Waals surface area contributed by atoms with Gasteiger partial charge in [-0.2, -0.15) is 0 Å². The van der Waals surface area contributed by atoms with Crippen molar-refractivity contribution in [2.45, 2.75) is 203 Å². The van der Waals surface area contributed by atoms with Crippen LogP contribution in [0.25, 0.3) is 0 Å². The molecule has 2 aromatic carbocycles. The Morgan fingerprint density at radius 2 is 0.583 bits per heavy atom. The van der Waals surface area contributed by atoms with Gasteiger partial charge >= 0.3 is 0 Å². The molecule has 0 atom stereocenters. The smallest absolute Gasteiger partial charge is 0.158 e. The molecule has 0 aromatic heterocycles. The largest absolute Gasteiger partial charge is 0.606 e. The number of rotatable bonds is 34. The van der Waals surface area contributed by atoms with E-state index >= 15 is 0 Å². The summed E-state index contributed by atoms with van der Waals surface area (Å²) < 4.78 is 14.4. The number of hydrogen-bond donors (Lipinski definition) is 0. The summed E-state index contributed by atoms with van der Waals surface area (Å²) in [7, 11) is 13.8. The van der Waals surface area contributed by atoms with E-state index in [9.17, 15) is 24.4 Å². The number of carboxylic acids is 2. The Hall–Kier alpha value is -2.39. The first-order chi connectivity index (χ1) is 28.6. The molecule has 0 saturated carbocycles. The van der Waals surface area contributed by atoms with Crippen LogP contribution in [-0.2, 0) is 11.2 Å². The normalized spacial score (nSPS) is 11.5. The van der Waals surface area contributed by atoms with Crippen LogP contribution in [0.2, 0.25) is 0 Å².